The van der Waals surface area contributed by atoms with Gasteiger partial charge >= 0.3 is 0 Å². The summed E-state index contributed by atoms with van der Waals surface area (Å²) in [5.41, 5.74) is 2.43. The fourth-order valence-electron chi connectivity index (χ4n) is 2.87. The Bertz CT molecular complexity index is 905. The molecule has 6 heteroatoms. The van der Waals surface area contributed by atoms with Gasteiger partial charge in [-0.3, -0.25) is 0 Å². The van der Waals surface area contributed by atoms with Gasteiger partial charge in [0, 0.05) is 23.7 Å². The van der Waals surface area contributed by atoms with Gasteiger partial charge in [-0.15, -0.1) is 0 Å². The second-order valence-corrected chi connectivity index (χ2v) is 5.75. The molecule has 3 nitrogen and oxygen atoms in total. The second kappa shape index (κ2) is 5.35. The molecule has 2 heterocycles. The van der Waals surface area contributed by atoms with Crippen LogP contribution in [0.25, 0.3) is 16.9 Å². The topological polar surface area (TPSA) is 29.9 Å². The van der Waals surface area contributed by atoms with Gasteiger partial charge in [0.15, 0.2) is 0 Å². The number of para-hydroxylation sites is 1. The summed E-state index contributed by atoms with van der Waals surface area (Å²) in [6.45, 7) is 0.744. The van der Waals surface area contributed by atoms with E-state index in [1.807, 2.05) is 18.2 Å². The van der Waals surface area contributed by atoms with E-state index in [0.29, 0.717) is 16.4 Å². The number of hydrogen-bond donors (Lipinski definition) is 1. The number of aromatic nitrogens is 2. The zero-order valence-corrected chi connectivity index (χ0v) is 12.7. The predicted molar refractivity (Wildman–Crippen MR) is 86.1 cm³/mol. The van der Waals surface area contributed by atoms with E-state index >= 15 is 0 Å². The summed E-state index contributed by atoms with van der Waals surface area (Å²) in [6.07, 6.45) is 0.728. The Labute approximate surface area is 136 Å². The van der Waals surface area contributed by atoms with E-state index in [1.54, 1.807) is 10.7 Å². The molecule has 0 bridgehead atoms. The highest BCUT2D eigenvalue weighted by Gasteiger charge is 2.26. The summed E-state index contributed by atoms with van der Waals surface area (Å²) >= 11 is 6.26. The molecule has 0 atom stereocenters. The maximum Gasteiger partial charge on any atom is 0.135 e. The molecule has 4 rings (SSSR count). The van der Waals surface area contributed by atoms with Crippen molar-refractivity contribution in [3.05, 3.63) is 64.7 Å². The van der Waals surface area contributed by atoms with Gasteiger partial charge in [-0.2, -0.15) is 5.10 Å². The quantitative estimate of drug-likeness (QED) is 0.752. The Hall–Kier alpha value is -2.40. The lowest BCUT2D eigenvalue weighted by Gasteiger charge is -2.08. The molecule has 116 valence electrons. The van der Waals surface area contributed by atoms with Crippen molar-refractivity contribution in [1.29, 1.82) is 0 Å². The van der Waals surface area contributed by atoms with Crippen LogP contribution >= 0.6 is 11.6 Å². The van der Waals surface area contributed by atoms with Gasteiger partial charge in [0.25, 0.3) is 0 Å². The number of fused-ring (bicyclic) bond motifs is 1. The van der Waals surface area contributed by atoms with Gasteiger partial charge in [0.05, 0.1) is 10.7 Å². The van der Waals surface area contributed by atoms with E-state index in [9.17, 15) is 8.78 Å². The van der Waals surface area contributed by atoms with E-state index in [2.05, 4.69) is 10.4 Å². The Balaban J connectivity index is 1.94. The third kappa shape index (κ3) is 2.28. The molecule has 0 saturated carbocycles. The van der Waals surface area contributed by atoms with Crippen LogP contribution in [0.3, 0.4) is 0 Å². The molecule has 0 unspecified atom stereocenters. The van der Waals surface area contributed by atoms with Crippen LogP contribution in [-0.2, 0) is 6.42 Å². The number of rotatable bonds is 2. The van der Waals surface area contributed by atoms with E-state index in [0.717, 1.165) is 30.4 Å². The molecule has 0 aliphatic carbocycles. The number of halogens is 3. The van der Waals surface area contributed by atoms with Gasteiger partial charge in [0.1, 0.15) is 23.1 Å². The minimum Gasteiger partial charge on any atom is -0.369 e. The molecule has 0 fully saturated rings. The van der Waals surface area contributed by atoms with Crippen LogP contribution in [0.2, 0.25) is 5.02 Å². The standard InChI is InChI=1S/C17H12ClF2N3/c18-13-3-1-2-4-15(13)23-17-12(7-8-21-17)16(22-23)11-6-5-10(19)9-14(11)20/h1-6,9,21H,7-8H2. The van der Waals surface area contributed by atoms with Crippen molar-refractivity contribution in [3.8, 4) is 16.9 Å². The molecule has 2 aromatic carbocycles. The lowest BCUT2D eigenvalue weighted by molar-refractivity contribution is 0.585. The average Bonchev–Trinajstić information content (AvgIpc) is 3.11. The molecule has 0 radical (unpaired) electrons. The fraction of sp³-hybridized carbons (Fsp3) is 0.118. The van der Waals surface area contributed by atoms with Gasteiger partial charge < -0.3 is 5.32 Å². The van der Waals surface area contributed by atoms with E-state index in [-0.39, 0.29) is 5.56 Å². The molecule has 1 aliphatic heterocycles. The number of nitrogens with zero attached hydrogens (tertiary/aromatic N) is 2. The minimum atomic E-state index is -0.622. The molecule has 0 saturated heterocycles. The Kier molecular flexibility index (Phi) is 3.31. The summed E-state index contributed by atoms with van der Waals surface area (Å²) in [5, 5.41) is 8.35. The fourth-order valence-corrected chi connectivity index (χ4v) is 3.09. The Morgan fingerprint density at radius 3 is 2.74 bits per heavy atom. The van der Waals surface area contributed by atoms with Crippen LogP contribution < -0.4 is 5.32 Å². The smallest absolute Gasteiger partial charge is 0.135 e. The first kappa shape index (κ1) is 14.2. The molecule has 3 aromatic rings. The molecule has 1 aliphatic rings. The normalized spacial score (nSPS) is 13.0. The molecule has 0 amide bonds. The monoisotopic (exact) mass is 331 g/mol. The first-order valence-electron chi connectivity index (χ1n) is 7.21. The lowest BCUT2D eigenvalue weighted by Crippen LogP contribution is -2.05. The van der Waals surface area contributed by atoms with Crippen LogP contribution in [0.1, 0.15) is 5.56 Å². The first-order chi connectivity index (χ1) is 11.1. The number of benzene rings is 2. The van der Waals surface area contributed by atoms with Crippen LogP contribution in [0, 0.1) is 11.6 Å². The number of hydrogen-bond acceptors (Lipinski definition) is 2. The Morgan fingerprint density at radius 2 is 1.96 bits per heavy atom. The van der Waals surface area contributed by atoms with Gasteiger partial charge in [-0.25, -0.2) is 13.5 Å². The molecule has 1 aromatic heterocycles. The zero-order chi connectivity index (χ0) is 16.0. The summed E-state index contributed by atoms with van der Waals surface area (Å²) in [7, 11) is 0. The van der Waals surface area contributed by atoms with Gasteiger partial charge in [-0.1, -0.05) is 23.7 Å². The van der Waals surface area contributed by atoms with E-state index in [4.69, 9.17) is 11.6 Å². The lowest BCUT2D eigenvalue weighted by atomic mass is 10.1. The van der Waals surface area contributed by atoms with Crippen molar-refractivity contribution >= 4 is 17.4 Å². The van der Waals surface area contributed by atoms with Gasteiger partial charge in [0.2, 0.25) is 0 Å². The highest BCUT2D eigenvalue weighted by molar-refractivity contribution is 6.32. The van der Waals surface area contributed by atoms with Crippen molar-refractivity contribution < 1.29 is 8.78 Å². The Morgan fingerprint density at radius 1 is 1.13 bits per heavy atom. The van der Waals surface area contributed by atoms with Crippen LogP contribution in [0.5, 0.6) is 0 Å². The largest absolute Gasteiger partial charge is 0.369 e. The van der Waals surface area contributed by atoms with E-state index in [1.165, 1.54) is 12.1 Å². The number of anilines is 1. The SMILES string of the molecule is Fc1ccc(-c2nn(-c3ccccc3Cl)c3c2CCN3)c(F)c1. The molecule has 1 N–H and O–H groups in total. The summed E-state index contributed by atoms with van der Waals surface area (Å²) in [5.74, 6) is -0.424. The maximum atomic E-state index is 14.2. The summed E-state index contributed by atoms with van der Waals surface area (Å²) < 4.78 is 29.0. The highest BCUT2D eigenvalue weighted by atomic mass is 35.5. The van der Waals surface area contributed by atoms with Crippen molar-refractivity contribution in [1.82, 2.24) is 9.78 Å². The average molecular weight is 332 g/mol. The van der Waals surface area contributed by atoms with Crippen molar-refractivity contribution in [2.75, 3.05) is 11.9 Å². The van der Waals surface area contributed by atoms with Crippen molar-refractivity contribution in [2.24, 2.45) is 0 Å². The van der Waals surface area contributed by atoms with Crippen LogP contribution in [0.4, 0.5) is 14.6 Å². The second-order valence-electron chi connectivity index (χ2n) is 5.34. The molecular formula is C17H12ClF2N3. The van der Waals surface area contributed by atoms with Crippen molar-refractivity contribution in [3.63, 3.8) is 0 Å². The van der Waals surface area contributed by atoms with Crippen LogP contribution in [-0.4, -0.2) is 16.3 Å². The minimum absolute atomic E-state index is 0.289. The summed E-state index contributed by atoms with van der Waals surface area (Å²) in [4.78, 5) is 0. The maximum absolute atomic E-state index is 14.2. The third-order valence-electron chi connectivity index (χ3n) is 3.92. The predicted octanol–water partition coefficient (Wildman–Crippen LogP) is 4.44. The molecular weight excluding hydrogens is 320 g/mol. The first-order valence-corrected chi connectivity index (χ1v) is 7.59. The van der Waals surface area contributed by atoms with Crippen LogP contribution in [0.15, 0.2) is 42.5 Å². The highest BCUT2D eigenvalue weighted by Crippen LogP contribution is 2.36. The third-order valence-corrected chi connectivity index (χ3v) is 4.24. The molecule has 23 heavy (non-hydrogen) atoms. The number of nitrogens with one attached hydrogen (secondary N) is 1. The summed E-state index contributed by atoms with van der Waals surface area (Å²) in [6, 6.07) is 10.9. The zero-order valence-electron chi connectivity index (χ0n) is 12.0. The van der Waals surface area contributed by atoms with Crippen molar-refractivity contribution in [2.45, 2.75) is 6.42 Å². The molecule has 0 spiro atoms. The van der Waals surface area contributed by atoms with Gasteiger partial charge in [-0.05, 0) is 30.7 Å². The van der Waals surface area contributed by atoms with E-state index < -0.39 is 11.6 Å².